The number of hydrogen-bond acceptors (Lipinski definition) is 1. The lowest BCUT2D eigenvalue weighted by atomic mass is 9.77. The van der Waals surface area contributed by atoms with Gasteiger partial charge in [-0.25, -0.2) is 0 Å². The van der Waals surface area contributed by atoms with Gasteiger partial charge < -0.3 is 4.74 Å². The fraction of sp³-hybridized carbons (Fsp3) is 0.533. The Kier molecular flexibility index (Phi) is 10.0. The molecule has 0 aromatic heterocycles. The van der Waals surface area contributed by atoms with E-state index in [1.807, 2.05) is 12.1 Å². The van der Waals surface area contributed by atoms with Gasteiger partial charge in [0.05, 0.1) is 6.61 Å². The van der Waals surface area contributed by atoms with E-state index in [2.05, 4.69) is 62.1 Å². The zero-order valence-corrected chi connectivity index (χ0v) is 19.7. The molecule has 1 aliphatic carbocycles. The van der Waals surface area contributed by atoms with Crippen molar-refractivity contribution in [3.05, 3.63) is 65.2 Å². The summed E-state index contributed by atoms with van der Waals surface area (Å²) in [4.78, 5) is 0. The molecule has 1 fully saturated rings. The van der Waals surface area contributed by atoms with Gasteiger partial charge in [0.25, 0.3) is 0 Å². The maximum Gasteiger partial charge on any atom is 0.119 e. The van der Waals surface area contributed by atoms with E-state index in [0.717, 1.165) is 41.7 Å². The molecular formula is C30H40O. The summed E-state index contributed by atoms with van der Waals surface area (Å²) in [7, 11) is 0. The van der Waals surface area contributed by atoms with Gasteiger partial charge in [-0.15, -0.1) is 0 Å². The fourth-order valence-corrected chi connectivity index (χ4v) is 4.63. The summed E-state index contributed by atoms with van der Waals surface area (Å²) >= 11 is 0. The molecule has 1 heteroatoms. The van der Waals surface area contributed by atoms with Crippen LogP contribution in [0.4, 0.5) is 0 Å². The van der Waals surface area contributed by atoms with Crippen LogP contribution in [0.3, 0.4) is 0 Å². The number of unbranched alkanes of at least 4 members (excludes halogenated alkanes) is 4. The Morgan fingerprint density at radius 3 is 1.90 bits per heavy atom. The van der Waals surface area contributed by atoms with Crippen LogP contribution in [0.15, 0.2) is 48.5 Å². The smallest absolute Gasteiger partial charge is 0.119 e. The quantitative estimate of drug-likeness (QED) is 0.278. The largest absolute Gasteiger partial charge is 0.494 e. The first-order chi connectivity index (χ1) is 15.3. The Hall–Kier alpha value is -2.20. The van der Waals surface area contributed by atoms with E-state index >= 15 is 0 Å². The van der Waals surface area contributed by atoms with Crippen LogP contribution in [0.5, 0.6) is 5.75 Å². The van der Waals surface area contributed by atoms with Crippen LogP contribution in [0.2, 0.25) is 0 Å². The topological polar surface area (TPSA) is 9.23 Å². The van der Waals surface area contributed by atoms with Crippen LogP contribution in [0.25, 0.3) is 0 Å². The second-order valence-electron chi connectivity index (χ2n) is 9.17. The first kappa shape index (κ1) is 23.5. The first-order valence-corrected chi connectivity index (χ1v) is 12.6. The second kappa shape index (κ2) is 13.3. The summed E-state index contributed by atoms with van der Waals surface area (Å²) in [6.07, 6.45) is 14.7. The van der Waals surface area contributed by atoms with Crippen molar-refractivity contribution in [1.29, 1.82) is 0 Å². The molecule has 31 heavy (non-hydrogen) atoms. The van der Waals surface area contributed by atoms with E-state index in [9.17, 15) is 0 Å². The lowest BCUT2D eigenvalue weighted by Gasteiger charge is -2.29. The zero-order valence-electron chi connectivity index (χ0n) is 19.7. The summed E-state index contributed by atoms with van der Waals surface area (Å²) in [6, 6.07) is 17.2. The molecule has 0 aliphatic heterocycles. The maximum absolute atomic E-state index is 5.78. The van der Waals surface area contributed by atoms with Crippen molar-refractivity contribution in [2.24, 2.45) is 5.92 Å². The second-order valence-corrected chi connectivity index (χ2v) is 9.17. The molecule has 1 aliphatic rings. The highest BCUT2D eigenvalue weighted by Gasteiger charge is 2.21. The van der Waals surface area contributed by atoms with Gasteiger partial charge >= 0.3 is 0 Å². The van der Waals surface area contributed by atoms with E-state index in [1.54, 1.807) is 0 Å². The van der Waals surface area contributed by atoms with Gasteiger partial charge in [-0.1, -0.05) is 76.3 Å². The van der Waals surface area contributed by atoms with Gasteiger partial charge in [-0.05, 0) is 85.9 Å². The monoisotopic (exact) mass is 416 g/mol. The van der Waals surface area contributed by atoms with E-state index < -0.39 is 0 Å². The molecule has 166 valence electrons. The van der Waals surface area contributed by atoms with E-state index in [-0.39, 0.29) is 0 Å². The molecule has 0 spiro atoms. The summed E-state index contributed by atoms with van der Waals surface area (Å²) in [5.74, 6) is 9.26. The summed E-state index contributed by atoms with van der Waals surface area (Å²) < 4.78 is 5.78. The van der Waals surface area contributed by atoms with Crippen molar-refractivity contribution < 1.29 is 4.74 Å². The molecule has 0 atom stereocenters. The summed E-state index contributed by atoms with van der Waals surface area (Å²) in [5.41, 5.74) is 3.63. The number of hydrogen-bond donors (Lipinski definition) is 0. The molecule has 2 aromatic carbocycles. The van der Waals surface area contributed by atoms with Crippen molar-refractivity contribution in [2.45, 2.75) is 90.4 Å². The summed E-state index contributed by atoms with van der Waals surface area (Å²) in [6.45, 7) is 5.30. The summed E-state index contributed by atoms with van der Waals surface area (Å²) in [5, 5.41) is 0. The number of rotatable bonds is 10. The Balaban J connectivity index is 1.46. The Morgan fingerprint density at radius 2 is 1.29 bits per heavy atom. The average Bonchev–Trinajstić information content (AvgIpc) is 2.82. The Morgan fingerprint density at radius 1 is 0.710 bits per heavy atom. The molecule has 3 rings (SSSR count). The third-order valence-corrected chi connectivity index (χ3v) is 6.67. The van der Waals surface area contributed by atoms with Crippen LogP contribution < -0.4 is 4.74 Å². The lowest BCUT2D eigenvalue weighted by molar-refractivity contribution is 0.303. The van der Waals surface area contributed by atoms with Gasteiger partial charge in [0.2, 0.25) is 0 Å². The van der Waals surface area contributed by atoms with Crippen LogP contribution >= 0.6 is 0 Å². The first-order valence-electron chi connectivity index (χ1n) is 12.6. The normalized spacial score (nSPS) is 18.3. The SMILES string of the molecule is CCCCCOc1ccc(C#Cc2ccc([C@H]3CC[C@H](CCCCC)CC3)cc2)cc1. The van der Waals surface area contributed by atoms with Crippen LogP contribution in [0, 0.1) is 17.8 Å². The van der Waals surface area contributed by atoms with Crippen LogP contribution in [-0.2, 0) is 0 Å². The van der Waals surface area contributed by atoms with Gasteiger partial charge in [0, 0.05) is 11.1 Å². The van der Waals surface area contributed by atoms with Crippen molar-refractivity contribution >= 4 is 0 Å². The Labute approximate surface area is 190 Å². The standard InChI is InChI=1S/C30H40O/c1-3-5-7-9-25-12-18-28(19-13-25)29-20-14-26(15-21-29)10-11-27-16-22-30(23-17-27)31-24-8-6-4-2/h14-17,20-23,25,28H,3-9,12-13,18-19,24H2,1-2H3/t25-,28-. The molecule has 0 unspecified atom stereocenters. The average molecular weight is 417 g/mol. The van der Waals surface area contributed by atoms with Gasteiger partial charge in [0.1, 0.15) is 5.75 Å². The molecule has 0 saturated heterocycles. The zero-order chi connectivity index (χ0) is 21.7. The minimum Gasteiger partial charge on any atom is -0.494 e. The minimum absolute atomic E-state index is 0.745. The van der Waals surface area contributed by atoms with Crippen molar-refractivity contribution in [3.63, 3.8) is 0 Å². The van der Waals surface area contributed by atoms with E-state index in [0.29, 0.717) is 0 Å². The lowest BCUT2D eigenvalue weighted by Crippen LogP contribution is -2.13. The van der Waals surface area contributed by atoms with Gasteiger partial charge in [-0.2, -0.15) is 0 Å². The van der Waals surface area contributed by atoms with E-state index in [4.69, 9.17) is 4.74 Å². The van der Waals surface area contributed by atoms with Gasteiger partial charge in [-0.3, -0.25) is 0 Å². The highest BCUT2D eigenvalue weighted by Crippen LogP contribution is 2.37. The highest BCUT2D eigenvalue weighted by molar-refractivity contribution is 5.45. The third kappa shape index (κ3) is 8.10. The van der Waals surface area contributed by atoms with Crippen LogP contribution in [0.1, 0.15) is 107 Å². The minimum atomic E-state index is 0.745. The van der Waals surface area contributed by atoms with Crippen LogP contribution in [-0.4, -0.2) is 6.61 Å². The molecule has 0 bridgehead atoms. The molecule has 1 saturated carbocycles. The molecular weight excluding hydrogens is 376 g/mol. The number of benzene rings is 2. The Bertz CT molecular complexity index is 798. The molecule has 0 amide bonds. The molecule has 2 aromatic rings. The van der Waals surface area contributed by atoms with Crippen molar-refractivity contribution in [1.82, 2.24) is 0 Å². The molecule has 0 radical (unpaired) electrons. The van der Waals surface area contributed by atoms with Crippen molar-refractivity contribution in [3.8, 4) is 17.6 Å². The maximum atomic E-state index is 5.78. The van der Waals surface area contributed by atoms with Crippen molar-refractivity contribution in [2.75, 3.05) is 6.61 Å². The number of ether oxygens (including phenoxy) is 1. The van der Waals surface area contributed by atoms with Gasteiger partial charge in [0.15, 0.2) is 0 Å². The predicted molar refractivity (Wildman–Crippen MR) is 133 cm³/mol. The predicted octanol–water partition coefficient (Wildman–Crippen LogP) is 8.51. The molecule has 0 N–H and O–H groups in total. The highest BCUT2D eigenvalue weighted by atomic mass is 16.5. The molecule has 0 heterocycles. The molecule has 1 nitrogen and oxygen atoms in total. The van der Waals surface area contributed by atoms with E-state index in [1.165, 1.54) is 69.8 Å². The fourth-order valence-electron chi connectivity index (χ4n) is 4.63. The third-order valence-electron chi connectivity index (χ3n) is 6.67.